The molecule has 0 spiro atoms. The highest BCUT2D eigenvalue weighted by atomic mass is 19.1. The molecule has 2 aromatic carbocycles. The van der Waals surface area contributed by atoms with Crippen molar-refractivity contribution in [2.75, 3.05) is 58.2 Å². The highest BCUT2D eigenvalue weighted by Gasteiger charge is 2.33. The van der Waals surface area contributed by atoms with Crippen LogP contribution in [0.1, 0.15) is 22.3 Å². The first-order valence-electron chi connectivity index (χ1n) is 13.6. The van der Waals surface area contributed by atoms with Gasteiger partial charge in [0.2, 0.25) is 11.9 Å². The van der Waals surface area contributed by atoms with Crippen LogP contribution in [0.5, 0.6) is 5.75 Å². The molecule has 2 aliphatic rings. The molecule has 3 aromatic rings. The number of benzene rings is 2. The number of aliphatic hydroxyl groups excluding tert-OH is 1. The molecule has 0 bridgehead atoms. The number of anilines is 2. The minimum Gasteiger partial charge on any atom is -0.486 e. The summed E-state index contributed by atoms with van der Waals surface area (Å²) >= 11 is 0. The molecule has 12 nitrogen and oxygen atoms in total. The van der Waals surface area contributed by atoms with Crippen LogP contribution in [0, 0.1) is 11.3 Å². The summed E-state index contributed by atoms with van der Waals surface area (Å²) in [5.41, 5.74) is 2.02. The maximum Gasteiger partial charge on any atom is 0.253 e. The standard InChI is InChI=1S/C29H31FN8O4/c1-36-10-12-37(13-11-36)28(41)19-2-5-22(6-3-19)34-29-33-18-32-27(35-29)20-4-7-24(21(14-20)15-31)42-25-8-9-38(16-23(25)30)26(40)17-39/h2-7,14,18,23,25,39H,8-13,16-17H2,1H3,(H,32,33,34,35)/t23?,25-/m0/s1. The van der Waals surface area contributed by atoms with Crippen LogP contribution in [0.25, 0.3) is 11.4 Å². The summed E-state index contributed by atoms with van der Waals surface area (Å²) in [6.07, 6.45) is -0.715. The van der Waals surface area contributed by atoms with Crippen molar-refractivity contribution in [2.45, 2.75) is 18.7 Å². The van der Waals surface area contributed by atoms with Crippen LogP contribution in [-0.2, 0) is 4.79 Å². The van der Waals surface area contributed by atoms with Crippen LogP contribution in [0.2, 0.25) is 0 Å². The fraction of sp³-hybridized carbons (Fsp3) is 0.379. The summed E-state index contributed by atoms with van der Waals surface area (Å²) in [5.74, 6) is 0.285. The number of hydrogen-bond acceptors (Lipinski definition) is 10. The zero-order valence-electron chi connectivity index (χ0n) is 23.1. The summed E-state index contributed by atoms with van der Waals surface area (Å²) in [7, 11) is 2.04. The van der Waals surface area contributed by atoms with E-state index in [1.165, 1.54) is 11.2 Å². The molecule has 0 saturated carbocycles. The van der Waals surface area contributed by atoms with Crippen molar-refractivity contribution in [3.8, 4) is 23.2 Å². The number of likely N-dealkylation sites (tertiary alicyclic amines) is 1. The molecule has 5 rings (SSSR count). The lowest BCUT2D eigenvalue weighted by Gasteiger charge is -2.34. The van der Waals surface area contributed by atoms with Crippen molar-refractivity contribution in [3.63, 3.8) is 0 Å². The second-order valence-electron chi connectivity index (χ2n) is 10.2. The van der Waals surface area contributed by atoms with E-state index in [2.05, 4.69) is 31.2 Å². The number of ether oxygens (including phenoxy) is 1. The van der Waals surface area contributed by atoms with E-state index in [1.807, 2.05) is 11.9 Å². The van der Waals surface area contributed by atoms with E-state index in [4.69, 9.17) is 9.84 Å². The fourth-order valence-corrected chi connectivity index (χ4v) is 4.88. The van der Waals surface area contributed by atoms with Crippen LogP contribution in [-0.4, -0.2) is 112 Å². The molecule has 13 heteroatoms. The number of hydrogen-bond donors (Lipinski definition) is 2. The lowest BCUT2D eigenvalue weighted by Crippen LogP contribution is -2.50. The molecular weight excluding hydrogens is 543 g/mol. The van der Waals surface area contributed by atoms with Gasteiger partial charge in [0.05, 0.1) is 12.1 Å². The average Bonchev–Trinajstić information content (AvgIpc) is 3.02. The Bertz CT molecular complexity index is 1470. The number of rotatable bonds is 7. The van der Waals surface area contributed by atoms with Crippen LogP contribution >= 0.6 is 0 Å². The van der Waals surface area contributed by atoms with Crippen LogP contribution in [0.3, 0.4) is 0 Å². The van der Waals surface area contributed by atoms with Crippen LogP contribution in [0.15, 0.2) is 48.8 Å². The summed E-state index contributed by atoms with van der Waals surface area (Å²) in [6, 6.07) is 14.0. The SMILES string of the molecule is CN1CCN(C(=O)c2ccc(Nc3ncnc(-c4ccc(O[C@H]5CCN(C(=O)CO)CC5F)c(C#N)c4)n3)cc2)CC1. The van der Waals surface area contributed by atoms with Crippen molar-refractivity contribution in [1.82, 2.24) is 29.7 Å². The summed E-state index contributed by atoms with van der Waals surface area (Å²) in [6.45, 7) is 2.51. The monoisotopic (exact) mass is 574 g/mol. The van der Waals surface area contributed by atoms with Crippen LogP contribution < -0.4 is 10.1 Å². The van der Waals surface area contributed by atoms with Gasteiger partial charge in [-0.1, -0.05) is 0 Å². The number of aliphatic hydroxyl groups is 1. The molecule has 218 valence electrons. The minimum absolute atomic E-state index is 0.00196. The molecule has 2 aliphatic heterocycles. The number of nitrogens with one attached hydrogen (secondary N) is 1. The van der Waals surface area contributed by atoms with E-state index in [-0.39, 0.29) is 42.7 Å². The molecule has 2 atom stereocenters. The second kappa shape index (κ2) is 12.9. The Morgan fingerprint density at radius 2 is 1.86 bits per heavy atom. The number of piperazine rings is 1. The number of nitriles is 1. The Morgan fingerprint density at radius 1 is 1.10 bits per heavy atom. The predicted octanol–water partition coefficient (Wildman–Crippen LogP) is 1.85. The van der Waals surface area contributed by atoms with Gasteiger partial charge in [0.1, 0.15) is 30.9 Å². The topological polar surface area (TPSA) is 148 Å². The molecule has 1 aromatic heterocycles. The maximum absolute atomic E-state index is 14.7. The Kier molecular flexibility index (Phi) is 8.85. The molecule has 2 amide bonds. The fourth-order valence-electron chi connectivity index (χ4n) is 4.88. The molecule has 0 radical (unpaired) electrons. The number of likely N-dealkylation sites (N-methyl/N-ethyl adjacent to an activating group) is 1. The average molecular weight is 575 g/mol. The van der Waals surface area contributed by atoms with E-state index in [0.29, 0.717) is 35.7 Å². The minimum atomic E-state index is -1.46. The van der Waals surface area contributed by atoms with Gasteiger partial charge in [0.15, 0.2) is 12.0 Å². The molecule has 0 aliphatic carbocycles. The number of carbonyl (C=O) groups excluding carboxylic acids is 2. The zero-order valence-corrected chi connectivity index (χ0v) is 23.1. The smallest absolute Gasteiger partial charge is 0.253 e. The first-order chi connectivity index (χ1) is 20.3. The Balaban J connectivity index is 1.24. The quantitative estimate of drug-likeness (QED) is 0.428. The van der Waals surface area contributed by atoms with Crippen LogP contribution in [0.4, 0.5) is 16.0 Å². The van der Waals surface area contributed by atoms with Gasteiger partial charge >= 0.3 is 0 Å². The summed E-state index contributed by atoms with van der Waals surface area (Å²) in [5, 5.41) is 21.9. The van der Waals surface area contributed by atoms with E-state index >= 15 is 0 Å². The van der Waals surface area contributed by atoms with E-state index in [0.717, 1.165) is 13.1 Å². The number of nitrogens with zero attached hydrogens (tertiary/aromatic N) is 7. The van der Waals surface area contributed by atoms with Gasteiger partial charge < -0.3 is 29.9 Å². The largest absolute Gasteiger partial charge is 0.486 e. The third kappa shape index (κ3) is 6.62. The second-order valence-corrected chi connectivity index (χ2v) is 10.2. The highest BCUT2D eigenvalue weighted by Crippen LogP contribution is 2.28. The number of aromatic nitrogens is 3. The lowest BCUT2D eigenvalue weighted by molar-refractivity contribution is -0.138. The third-order valence-corrected chi connectivity index (χ3v) is 7.36. The Morgan fingerprint density at radius 3 is 2.55 bits per heavy atom. The first kappa shape index (κ1) is 28.8. The number of amides is 2. The normalized spacial score (nSPS) is 19.2. The van der Waals surface area contributed by atoms with E-state index in [9.17, 15) is 19.2 Å². The summed E-state index contributed by atoms with van der Waals surface area (Å²) in [4.78, 5) is 42.7. The predicted molar refractivity (Wildman–Crippen MR) is 151 cm³/mol. The van der Waals surface area contributed by atoms with Gasteiger partial charge in [-0.15, -0.1) is 0 Å². The van der Waals surface area contributed by atoms with Crippen molar-refractivity contribution in [1.29, 1.82) is 5.26 Å². The van der Waals surface area contributed by atoms with E-state index in [1.54, 1.807) is 42.5 Å². The number of piperidine rings is 1. The molecular formula is C29H31FN8O4. The van der Waals surface area contributed by atoms with Crippen molar-refractivity contribution in [2.24, 2.45) is 0 Å². The molecule has 2 saturated heterocycles. The maximum atomic E-state index is 14.7. The molecule has 1 unspecified atom stereocenters. The Hall–Kier alpha value is -4.67. The number of carbonyl (C=O) groups is 2. The zero-order chi connectivity index (χ0) is 29.6. The van der Waals surface area contributed by atoms with Gasteiger partial charge in [-0.3, -0.25) is 9.59 Å². The summed E-state index contributed by atoms with van der Waals surface area (Å²) < 4.78 is 20.5. The van der Waals surface area contributed by atoms with Gasteiger partial charge in [-0.05, 0) is 49.5 Å². The number of halogens is 1. The third-order valence-electron chi connectivity index (χ3n) is 7.36. The molecule has 3 heterocycles. The van der Waals surface area contributed by atoms with Crippen molar-refractivity contribution >= 4 is 23.5 Å². The van der Waals surface area contributed by atoms with Gasteiger partial charge in [-0.25, -0.2) is 14.4 Å². The number of alkyl halides is 1. The molecule has 2 N–H and O–H groups in total. The molecule has 2 fully saturated rings. The highest BCUT2D eigenvalue weighted by molar-refractivity contribution is 5.94. The van der Waals surface area contributed by atoms with Crippen molar-refractivity contribution in [3.05, 3.63) is 59.9 Å². The lowest BCUT2D eigenvalue weighted by atomic mass is 10.0. The Labute approximate surface area is 242 Å². The molecule has 42 heavy (non-hydrogen) atoms. The van der Waals surface area contributed by atoms with Gasteiger partial charge in [0.25, 0.3) is 5.91 Å². The van der Waals surface area contributed by atoms with Gasteiger partial charge in [-0.2, -0.15) is 10.2 Å². The van der Waals surface area contributed by atoms with Gasteiger partial charge in [0, 0.05) is 56.0 Å². The first-order valence-corrected chi connectivity index (χ1v) is 13.6. The van der Waals surface area contributed by atoms with Crippen molar-refractivity contribution < 1.29 is 23.8 Å². The van der Waals surface area contributed by atoms with E-state index < -0.39 is 24.8 Å².